The molecule has 1 aromatic rings. The van der Waals surface area contributed by atoms with E-state index in [2.05, 4.69) is 0 Å². The van der Waals surface area contributed by atoms with E-state index >= 15 is 0 Å². The maximum Gasteiger partial charge on any atom is 0.348 e. The van der Waals surface area contributed by atoms with Gasteiger partial charge in [-0.05, 0) is 6.92 Å². The minimum absolute atomic E-state index is 0.0283. The fourth-order valence-electron chi connectivity index (χ4n) is 0.814. The summed E-state index contributed by atoms with van der Waals surface area (Å²) in [7, 11) is 1.48. The van der Waals surface area contributed by atoms with Gasteiger partial charge in [-0.2, -0.15) is 0 Å². The summed E-state index contributed by atoms with van der Waals surface area (Å²) in [6.45, 7) is 1.94. The van der Waals surface area contributed by atoms with Gasteiger partial charge in [-0.15, -0.1) is 0 Å². The summed E-state index contributed by atoms with van der Waals surface area (Å²) >= 11 is 0.921. The average molecular weight is 214 g/mol. The van der Waals surface area contributed by atoms with Crippen LogP contribution in [-0.2, 0) is 11.8 Å². The zero-order chi connectivity index (χ0) is 10.7. The summed E-state index contributed by atoms with van der Waals surface area (Å²) in [5, 5.41) is 7.40. The summed E-state index contributed by atoms with van der Waals surface area (Å²) in [5.41, 5.74) is -0.378. The first-order chi connectivity index (χ1) is 6.56. The number of nitrogens with one attached hydrogen (secondary N) is 1. The lowest BCUT2D eigenvalue weighted by atomic mass is 10.5. The van der Waals surface area contributed by atoms with Crippen LogP contribution in [0.4, 0.5) is 0 Å². The van der Waals surface area contributed by atoms with E-state index in [1.54, 1.807) is 6.92 Å². The van der Waals surface area contributed by atoms with Crippen molar-refractivity contribution in [1.29, 1.82) is 5.41 Å². The van der Waals surface area contributed by atoms with Crippen LogP contribution in [0.2, 0.25) is 0 Å². The van der Waals surface area contributed by atoms with Crippen molar-refractivity contribution in [2.45, 2.75) is 6.92 Å². The molecule has 1 heterocycles. The lowest BCUT2D eigenvalue weighted by molar-refractivity contribution is 0.0531. The quantitative estimate of drug-likeness (QED) is 0.710. The molecule has 0 aliphatic carbocycles. The molecule has 0 aliphatic rings. The van der Waals surface area contributed by atoms with Crippen molar-refractivity contribution in [3.8, 4) is 0 Å². The molecule has 6 heteroatoms. The van der Waals surface area contributed by atoms with Gasteiger partial charge < -0.3 is 4.74 Å². The summed E-state index contributed by atoms with van der Waals surface area (Å²) in [4.78, 5) is 22.6. The second-order valence-corrected chi connectivity index (χ2v) is 3.56. The number of hydrogen-bond acceptors (Lipinski definition) is 5. The van der Waals surface area contributed by atoms with Crippen molar-refractivity contribution in [3.63, 3.8) is 0 Å². The molecule has 1 aromatic heterocycles. The Balaban J connectivity index is 3.20. The predicted molar refractivity (Wildman–Crippen MR) is 51.4 cm³/mol. The van der Waals surface area contributed by atoms with Crippen molar-refractivity contribution < 1.29 is 9.53 Å². The third-order valence-corrected chi connectivity index (χ3v) is 2.54. The monoisotopic (exact) mass is 214 g/mol. The number of esters is 1. The first-order valence-corrected chi connectivity index (χ1v) is 4.80. The van der Waals surface area contributed by atoms with Crippen LogP contribution >= 0.6 is 11.3 Å². The molecule has 0 aromatic carbocycles. The smallest absolute Gasteiger partial charge is 0.348 e. The standard InChI is InChI=1S/C8H10N2O3S/c1-3-13-7(12)5-4-6(11)10(2)8(9)14-5/h4,9H,3H2,1-2H3. The Morgan fingerprint density at radius 1 is 1.71 bits per heavy atom. The highest BCUT2D eigenvalue weighted by atomic mass is 32.1. The fraction of sp³-hybridized carbons (Fsp3) is 0.375. The van der Waals surface area contributed by atoms with Crippen molar-refractivity contribution in [2.75, 3.05) is 6.61 Å². The summed E-state index contributed by atoms with van der Waals surface area (Å²) in [6.07, 6.45) is 0. The number of rotatable bonds is 2. The van der Waals surface area contributed by atoms with E-state index in [1.165, 1.54) is 13.1 Å². The molecule has 0 unspecified atom stereocenters. The molecule has 76 valence electrons. The topological polar surface area (TPSA) is 72.2 Å². The van der Waals surface area contributed by atoms with Crippen molar-refractivity contribution in [2.24, 2.45) is 7.05 Å². The molecule has 14 heavy (non-hydrogen) atoms. The largest absolute Gasteiger partial charge is 0.462 e. The van der Waals surface area contributed by atoms with Gasteiger partial charge in [0.1, 0.15) is 4.88 Å². The molecular weight excluding hydrogens is 204 g/mol. The Morgan fingerprint density at radius 2 is 2.36 bits per heavy atom. The first kappa shape index (κ1) is 10.6. The molecule has 0 bridgehead atoms. The van der Waals surface area contributed by atoms with Gasteiger partial charge in [0.15, 0.2) is 4.80 Å². The van der Waals surface area contributed by atoms with E-state index in [1.807, 2.05) is 0 Å². The number of hydrogen-bond donors (Lipinski definition) is 1. The third-order valence-electron chi connectivity index (χ3n) is 1.57. The van der Waals surface area contributed by atoms with E-state index in [9.17, 15) is 9.59 Å². The summed E-state index contributed by atoms with van der Waals surface area (Å²) in [6, 6.07) is 1.18. The first-order valence-electron chi connectivity index (χ1n) is 3.99. The van der Waals surface area contributed by atoms with Crippen LogP contribution in [0.25, 0.3) is 0 Å². The van der Waals surface area contributed by atoms with Gasteiger partial charge in [-0.1, -0.05) is 11.3 Å². The molecule has 0 atom stereocenters. The molecule has 0 saturated carbocycles. The van der Waals surface area contributed by atoms with Crippen LogP contribution in [-0.4, -0.2) is 17.1 Å². The number of carbonyl (C=O) groups excluding carboxylic acids is 1. The lowest BCUT2D eigenvalue weighted by Crippen LogP contribution is -2.28. The van der Waals surface area contributed by atoms with Crippen LogP contribution in [0.1, 0.15) is 16.6 Å². The van der Waals surface area contributed by atoms with E-state index in [-0.39, 0.29) is 21.8 Å². The SMILES string of the molecule is CCOC(=O)c1cc(=O)n(C)c(=N)s1. The van der Waals surface area contributed by atoms with E-state index in [0.717, 1.165) is 15.9 Å². The van der Waals surface area contributed by atoms with Gasteiger partial charge in [-0.3, -0.25) is 14.8 Å². The van der Waals surface area contributed by atoms with E-state index in [4.69, 9.17) is 10.1 Å². The molecule has 0 saturated heterocycles. The molecule has 5 nitrogen and oxygen atoms in total. The van der Waals surface area contributed by atoms with Gasteiger partial charge in [0.25, 0.3) is 5.56 Å². The Bertz CT molecular complexity index is 429. The Kier molecular flexibility index (Phi) is 3.19. The summed E-state index contributed by atoms with van der Waals surface area (Å²) in [5.74, 6) is -0.552. The highest BCUT2D eigenvalue weighted by Gasteiger charge is 2.09. The molecule has 1 N–H and O–H groups in total. The third kappa shape index (κ3) is 2.08. The van der Waals surface area contributed by atoms with Crippen LogP contribution in [0.15, 0.2) is 10.9 Å². The van der Waals surface area contributed by atoms with Gasteiger partial charge in [0.2, 0.25) is 0 Å². The van der Waals surface area contributed by atoms with E-state index < -0.39 is 5.97 Å². The van der Waals surface area contributed by atoms with Crippen molar-refractivity contribution in [3.05, 3.63) is 26.1 Å². The maximum absolute atomic E-state index is 11.2. The Labute approximate surface area is 84.1 Å². The van der Waals surface area contributed by atoms with Crippen LogP contribution in [0.5, 0.6) is 0 Å². The molecule has 0 radical (unpaired) electrons. The molecular formula is C8H10N2O3S. The Hall–Kier alpha value is -1.43. The molecule has 0 aliphatic heterocycles. The van der Waals surface area contributed by atoms with Gasteiger partial charge in [0.05, 0.1) is 6.61 Å². The van der Waals surface area contributed by atoms with Crippen LogP contribution in [0, 0.1) is 5.41 Å². The normalized spacial score (nSPS) is 9.86. The zero-order valence-corrected chi connectivity index (χ0v) is 8.68. The molecule has 0 fully saturated rings. The van der Waals surface area contributed by atoms with Crippen LogP contribution < -0.4 is 10.4 Å². The Morgan fingerprint density at radius 3 is 2.86 bits per heavy atom. The number of carbonyl (C=O) groups is 1. The minimum Gasteiger partial charge on any atom is -0.462 e. The van der Waals surface area contributed by atoms with Crippen molar-refractivity contribution >= 4 is 17.3 Å². The highest BCUT2D eigenvalue weighted by Crippen LogP contribution is 2.00. The highest BCUT2D eigenvalue weighted by molar-refractivity contribution is 7.10. The minimum atomic E-state index is -0.552. The predicted octanol–water partition coefficient (Wildman–Crippen LogP) is 0.103. The second kappa shape index (κ2) is 4.19. The maximum atomic E-state index is 11.2. The van der Waals surface area contributed by atoms with Crippen molar-refractivity contribution in [1.82, 2.24) is 4.57 Å². The average Bonchev–Trinajstić information content (AvgIpc) is 2.13. The number of nitrogens with zero attached hydrogens (tertiary/aromatic N) is 1. The van der Waals surface area contributed by atoms with Gasteiger partial charge in [0, 0.05) is 13.1 Å². The number of ether oxygens (including phenoxy) is 1. The summed E-state index contributed by atoms with van der Waals surface area (Å²) < 4.78 is 5.88. The molecule has 0 spiro atoms. The molecule has 1 rings (SSSR count). The molecule has 0 amide bonds. The van der Waals surface area contributed by atoms with Gasteiger partial charge >= 0.3 is 5.97 Å². The van der Waals surface area contributed by atoms with Gasteiger partial charge in [-0.25, -0.2) is 4.79 Å². The van der Waals surface area contributed by atoms with E-state index in [0.29, 0.717) is 0 Å². The number of aromatic nitrogens is 1. The lowest BCUT2D eigenvalue weighted by Gasteiger charge is -2.01. The van der Waals surface area contributed by atoms with Crippen LogP contribution in [0.3, 0.4) is 0 Å². The second-order valence-electron chi connectivity index (χ2n) is 2.53. The zero-order valence-electron chi connectivity index (χ0n) is 7.86. The fourth-order valence-corrected chi connectivity index (χ4v) is 1.55.